The number of nitrogens with zero attached hydrogens (tertiary/aromatic N) is 2. The van der Waals surface area contributed by atoms with Crippen LogP contribution < -0.4 is 5.32 Å². The largest absolute Gasteiger partial charge is 0.419 e. The molecule has 96 valence electrons. The molecule has 0 saturated carbocycles. The van der Waals surface area contributed by atoms with Crippen molar-refractivity contribution in [2.75, 3.05) is 6.54 Å². The zero-order valence-electron chi connectivity index (χ0n) is 11.3. The van der Waals surface area contributed by atoms with E-state index in [-0.39, 0.29) is 6.04 Å². The molecule has 0 amide bonds. The fourth-order valence-corrected chi connectivity index (χ4v) is 1.89. The van der Waals surface area contributed by atoms with Crippen LogP contribution in [0.15, 0.2) is 22.6 Å². The molecule has 4 nitrogen and oxygen atoms in total. The van der Waals surface area contributed by atoms with E-state index in [9.17, 15) is 0 Å². The zero-order valence-corrected chi connectivity index (χ0v) is 11.3. The predicted molar refractivity (Wildman–Crippen MR) is 71.3 cm³/mol. The number of aromatic nitrogens is 2. The van der Waals surface area contributed by atoms with Gasteiger partial charge in [0, 0.05) is 5.56 Å². The van der Waals surface area contributed by atoms with E-state index >= 15 is 0 Å². The summed E-state index contributed by atoms with van der Waals surface area (Å²) in [6.07, 6.45) is 0. The van der Waals surface area contributed by atoms with Gasteiger partial charge in [-0.25, -0.2) is 0 Å². The van der Waals surface area contributed by atoms with Gasteiger partial charge in [0.25, 0.3) is 0 Å². The van der Waals surface area contributed by atoms with Gasteiger partial charge in [-0.15, -0.1) is 10.2 Å². The Kier molecular flexibility index (Phi) is 3.77. The van der Waals surface area contributed by atoms with E-state index < -0.39 is 0 Å². The number of hydrogen-bond acceptors (Lipinski definition) is 4. The van der Waals surface area contributed by atoms with Gasteiger partial charge in [0.1, 0.15) is 0 Å². The molecule has 0 aliphatic heterocycles. The van der Waals surface area contributed by atoms with Crippen LogP contribution in [-0.2, 0) is 0 Å². The lowest BCUT2D eigenvalue weighted by molar-refractivity contribution is 0.429. The van der Waals surface area contributed by atoms with Gasteiger partial charge >= 0.3 is 0 Å². The fourth-order valence-electron chi connectivity index (χ4n) is 1.89. The Morgan fingerprint density at radius 1 is 1.28 bits per heavy atom. The summed E-state index contributed by atoms with van der Waals surface area (Å²) in [6, 6.07) is 6.19. The van der Waals surface area contributed by atoms with Gasteiger partial charge in [0.2, 0.25) is 11.8 Å². The molecule has 2 rings (SSSR count). The molecule has 0 aliphatic carbocycles. The highest BCUT2D eigenvalue weighted by Gasteiger charge is 2.15. The second-order valence-electron chi connectivity index (χ2n) is 4.47. The van der Waals surface area contributed by atoms with E-state index in [0.717, 1.165) is 12.1 Å². The molecule has 4 heteroatoms. The zero-order chi connectivity index (χ0) is 13.1. The Labute approximate surface area is 107 Å². The third kappa shape index (κ3) is 2.43. The molecule has 1 heterocycles. The van der Waals surface area contributed by atoms with Crippen molar-refractivity contribution in [2.24, 2.45) is 0 Å². The molecule has 1 atom stereocenters. The molecule has 1 unspecified atom stereocenters. The van der Waals surface area contributed by atoms with Crippen LogP contribution in [0, 0.1) is 13.8 Å². The minimum absolute atomic E-state index is 0.0846. The maximum Gasteiger partial charge on any atom is 0.248 e. The summed E-state index contributed by atoms with van der Waals surface area (Å²) in [6.45, 7) is 9.10. The average Bonchev–Trinajstić information content (AvgIpc) is 2.82. The Balaban J connectivity index is 2.32. The smallest absolute Gasteiger partial charge is 0.248 e. The lowest BCUT2D eigenvalue weighted by Crippen LogP contribution is -2.17. The summed E-state index contributed by atoms with van der Waals surface area (Å²) in [5.74, 6) is 1.23. The van der Waals surface area contributed by atoms with Gasteiger partial charge in [-0.1, -0.05) is 19.1 Å². The standard InChI is InChI=1S/C14H19N3O/c1-5-15-11(4)13-16-17-14(18-13)12-8-6-7-9(2)10(12)3/h6-8,11,15H,5H2,1-4H3. The highest BCUT2D eigenvalue weighted by Crippen LogP contribution is 2.25. The molecular weight excluding hydrogens is 226 g/mol. The van der Waals surface area contributed by atoms with Gasteiger partial charge in [-0.05, 0) is 44.5 Å². The van der Waals surface area contributed by atoms with Crippen molar-refractivity contribution < 1.29 is 4.42 Å². The second-order valence-corrected chi connectivity index (χ2v) is 4.47. The normalized spacial score (nSPS) is 12.7. The summed E-state index contributed by atoms with van der Waals surface area (Å²) in [5, 5.41) is 11.5. The third-order valence-electron chi connectivity index (χ3n) is 3.16. The van der Waals surface area contributed by atoms with E-state index in [1.165, 1.54) is 11.1 Å². The van der Waals surface area contributed by atoms with Crippen LogP contribution >= 0.6 is 0 Å². The number of benzene rings is 1. The van der Waals surface area contributed by atoms with Crippen molar-refractivity contribution >= 4 is 0 Å². The van der Waals surface area contributed by atoms with Crippen LogP contribution in [0.5, 0.6) is 0 Å². The summed E-state index contributed by atoms with van der Waals surface area (Å²) >= 11 is 0. The first-order valence-corrected chi connectivity index (χ1v) is 6.26. The van der Waals surface area contributed by atoms with Crippen molar-refractivity contribution in [2.45, 2.75) is 33.7 Å². The maximum absolute atomic E-state index is 5.74. The molecule has 0 bridgehead atoms. The van der Waals surface area contributed by atoms with E-state index in [1.807, 2.05) is 19.1 Å². The molecule has 0 spiro atoms. The van der Waals surface area contributed by atoms with Crippen LogP contribution in [0.4, 0.5) is 0 Å². The van der Waals surface area contributed by atoms with Crippen LogP contribution in [-0.4, -0.2) is 16.7 Å². The topological polar surface area (TPSA) is 51.0 Å². The van der Waals surface area contributed by atoms with Crippen molar-refractivity contribution in [3.63, 3.8) is 0 Å². The van der Waals surface area contributed by atoms with Crippen molar-refractivity contribution in [3.8, 4) is 11.5 Å². The van der Waals surface area contributed by atoms with Gasteiger partial charge in [-0.3, -0.25) is 0 Å². The first kappa shape index (κ1) is 12.8. The number of hydrogen-bond donors (Lipinski definition) is 1. The van der Waals surface area contributed by atoms with Crippen molar-refractivity contribution in [1.82, 2.24) is 15.5 Å². The van der Waals surface area contributed by atoms with Gasteiger partial charge < -0.3 is 9.73 Å². The highest BCUT2D eigenvalue weighted by atomic mass is 16.4. The molecule has 1 aromatic heterocycles. The Morgan fingerprint density at radius 3 is 2.78 bits per heavy atom. The molecule has 2 aromatic rings. The number of nitrogens with one attached hydrogen (secondary N) is 1. The van der Waals surface area contributed by atoms with Crippen molar-refractivity contribution in [3.05, 3.63) is 35.2 Å². The SMILES string of the molecule is CCNC(C)c1nnc(-c2cccc(C)c2C)o1. The fraction of sp³-hybridized carbons (Fsp3) is 0.429. The maximum atomic E-state index is 5.74. The molecule has 18 heavy (non-hydrogen) atoms. The van der Waals surface area contributed by atoms with Crippen LogP contribution in [0.25, 0.3) is 11.5 Å². The van der Waals surface area contributed by atoms with Crippen LogP contribution in [0.2, 0.25) is 0 Å². The first-order chi connectivity index (χ1) is 8.63. The monoisotopic (exact) mass is 245 g/mol. The third-order valence-corrected chi connectivity index (χ3v) is 3.16. The summed E-state index contributed by atoms with van der Waals surface area (Å²) in [5.41, 5.74) is 3.42. The van der Waals surface area contributed by atoms with Crippen LogP contribution in [0.1, 0.15) is 36.9 Å². The van der Waals surface area contributed by atoms with Crippen LogP contribution in [0.3, 0.4) is 0 Å². The van der Waals surface area contributed by atoms with E-state index in [2.05, 4.69) is 42.4 Å². The van der Waals surface area contributed by atoms with E-state index in [4.69, 9.17) is 4.42 Å². The first-order valence-electron chi connectivity index (χ1n) is 6.26. The molecule has 1 N–H and O–H groups in total. The van der Waals surface area contributed by atoms with Gasteiger partial charge in [-0.2, -0.15) is 0 Å². The Bertz CT molecular complexity index is 534. The van der Waals surface area contributed by atoms with Crippen molar-refractivity contribution in [1.29, 1.82) is 0 Å². The molecular formula is C14H19N3O. The number of rotatable bonds is 4. The highest BCUT2D eigenvalue weighted by molar-refractivity contribution is 5.59. The number of aryl methyl sites for hydroxylation is 1. The molecule has 0 radical (unpaired) electrons. The summed E-state index contributed by atoms with van der Waals surface area (Å²) in [7, 11) is 0. The van der Waals surface area contributed by atoms with Gasteiger partial charge in [0.05, 0.1) is 6.04 Å². The van der Waals surface area contributed by atoms with E-state index in [0.29, 0.717) is 11.8 Å². The Morgan fingerprint density at radius 2 is 2.06 bits per heavy atom. The molecule has 0 fully saturated rings. The summed E-state index contributed by atoms with van der Waals surface area (Å²) < 4.78 is 5.74. The van der Waals surface area contributed by atoms with Gasteiger partial charge in [0.15, 0.2) is 0 Å². The minimum atomic E-state index is 0.0846. The average molecular weight is 245 g/mol. The Hall–Kier alpha value is -1.68. The molecule has 0 aliphatic rings. The second kappa shape index (κ2) is 5.31. The summed E-state index contributed by atoms with van der Waals surface area (Å²) in [4.78, 5) is 0. The molecule has 0 saturated heterocycles. The minimum Gasteiger partial charge on any atom is -0.419 e. The quantitative estimate of drug-likeness (QED) is 0.899. The predicted octanol–water partition coefficient (Wildman–Crippen LogP) is 3.02. The lowest BCUT2D eigenvalue weighted by atomic mass is 10.0. The molecule has 1 aromatic carbocycles. The van der Waals surface area contributed by atoms with E-state index in [1.54, 1.807) is 0 Å². The lowest BCUT2D eigenvalue weighted by Gasteiger charge is -2.06.